The molecule has 1 amide bonds. The quantitative estimate of drug-likeness (QED) is 0.508. The van der Waals surface area contributed by atoms with Gasteiger partial charge in [-0.25, -0.2) is 9.97 Å². The van der Waals surface area contributed by atoms with E-state index < -0.39 is 29.9 Å². The van der Waals surface area contributed by atoms with Crippen LogP contribution in [-0.2, 0) is 17.4 Å². The SMILES string of the molecule is Cn1ccnc1C(O)(CC(=O)Nc1ccc(-n2cnc3ccccc32)cc1)C(F)(F)F. The summed E-state index contributed by atoms with van der Waals surface area (Å²) in [7, 11) is 1.31. The first-order valence-electron chi connectivity index (χ1n) is 9.28. The minimum absolute atomic E-state index is 0.294. The monoisotopic (exact) mass is 429 g/mol. The number of hydrogen-bond acceptors (Lipinski definition) is 4. The van der Waals surface area contributed by atoms with Crippen LogP contribution in [0, 0.1) is 0 Å². The van der Waals surface area contributed by atoms with E-state index in [1.807, 2.05) is 28.8 Å². The molecule has 0 radical (unpaired) electrons. The van der Waals surface area contributed by atoms with E-state index in [0.29, 0.717) is 5.69 Å². The number of carbonyl (C=O) groups is 1. The van der Waals surface area contributed by atoms with Gasteiger partial charge in [-0.15, -0.1) is 0 Å². The molecule has 2 aromatic carbocycles. The van der Waals surface area contributed by atoms with Gasteiger partial charge >= 0.3 is 6.18 Å². The number of para-hydroxylation sites is 2. The first-order chi connectivity index (χ1) is 14.7. The summed E-state index contributed by atoms with van der Waals surface area (Å²) in [6.07, 6.45) is -2.26. The van der Waals surface area contributed by atoms with Crippen LogP contribution < -0.4 is 5.32 Å². The Morgan fingerprint density at radius 3 is 2.45 bits per heavy atom. The van der Waals surface area contributed by atoms with Crippen molar-refractivity contribution in [1.29, 1.82) is 0 Å². The molecule has 4 aromatic rings. The van der Waals surface area contributed by atoms with E-state index in [2.05, 4.69) is 15.3 Å². The number of alkyl halides is 3. The zero-order valence-corrected chi connectivity index (χ0v) is 16.3. The topological polar surface area (TPSA) is 85.0 Å². The molecule has 1 unspecified atom stereocenters. The van der Waals surface area contributed by atoms with Crippen LogP contribution in [0.5, 0.6) is 0 Å². The largest absolute Gasteiger partial charge is 0.425 e. The van der Waals surface area contributed by atoms with Crippen molar-refractivity contribution in [2.24, 2.45) is 7.05 Å². The number of fused-ring (bicyclic) bond motifs is 1. The number of imidazole rings is 2. The van der Waals surface area contributed by atoms with Crippen molar-refractivity contribution in [3.8, 4) is 5.69 Å². The lowest BCUT2D eigenvalue weighted by molar-refractivity contribution is -0.270. The molecule has 160 valence electrons. The highest BCUT2D eigenvalue weighted by Crippen LogP contribution is 2.40. The minimum Gasteiger partial charge on any atom is -0.374 e. The molecule has 0 bridgehead atoms. The summed E-state index contributed by atoms with van der Waals surface area (Å²) in [6, 6.07) is 14.1. The Kier molecular flexibility index (Phi) is 5.02. The second-order valence-electron chi connectivity index (χ2n) is 7.09. The van der Waals surface area contributed by atoms with Crippen molar-refractivity contribution >= 4 is 22.6 Å². The second kappa shape index (κ2) is 7.55. The molecule has 1 atom stereocenters. The molecule has 0 saturated carbocycles. The number of hydrogen-bond donors (Lipinski definition) is 2. The van der Waals surface area contributed by atoms with Crippen LogP contribution in [0.15, 0.2) is 67.3 Å². The third kappa shape index (κ3) is 3.77. The van der Waals surface area contributed by atoms with Crippen LogP contribution in [0.25, 0.3) is 16.7 Å². The number of amides is 1. The number of nitrogens with one attached hydrogen (secondary N) is 1. The maximum Gasteiger partial charge on any atom is 0.425 e. The molecule has 0 aliphatic carbocycles. The summed E-state index contributed by atoms with van der Waals surface area (Å²) >= 11 is 0. The Morgan fingerprint density at radius 1 is 1.10 bits per heavy atom. The van der Waals surface area contributed by atoms with E-state index in [0.717, 1.165) is 27.5 Å². The van der Waals surface area contributed by atoms with Gasteiger partial charge in [0.15, 0.2) is 5.82 Å². The Bertz CT molecular complexity index is 1230. The Morgan fingerprint density at radius 2 is 1.81 bits per heavy atom. The van der Waals surface area contributed by atoms with E-state index in [9.17, 15) is 23.1 Å². The maximum absolute atomic E-state index is 13.6. The molecule has 7 nitrogen and oxygen atoms in total. The van der Waals surface area contributed by atoms with Gasteiger partial charge in [-0.1, -0.05) is 12.1 Å². The van der Waals surface area contributed by atoms with E-state index in [4.69, 9.17) is 0 Å². The van der Waals surface area contributed by atoms with Crippen molar-refractivity contribution in [3.05, 3.63) is 73.1 Å². The average molecular weight is 429 g/mol. The van der Waals surface area contributed by atoms with Crippen molar-refractivity contribution in [1.82, 2.24) is 19.1 Å². The lowest BCUT2D eigenvalue weighted by Gasteiger charge is -2.29. The van der Waals surface area contributed by atoms with Gasteiger partial charge in [0.05, 0.1) is 17.5 Å². The number of anilines is 1. The van der Waals surface area contributed by atoms with Gasteiger partial charge in [0, 0.05) is 30.8 Å². The third-order valence-corrected chi connectivity index (χ3v) is 4.96. The highest BCUT2D eigenvalue weighted by molar-refractivity contribution is 5.91. The summed E-state index contributed by atoms with van der Waals surface area (Å²) in [5.74, 6) is -1.65. The number of carbonyl (C=O) groups excluding carboxylic acids is 1. The van der Waals surface area contributed by atoms with E-state index >= 15 is 0 Å². The van der Waals surface area contributed by atoms with Crippen molar-refractivity contribution in [2.75, 3.05) is 5.32 Å². The van der Waals surface area contributed by atoms with Crippen molar-refractivity contribution in [3.63, 3.8) is 0 Å². The Balaban J connectivity index is 1.53. The summed E-state index contributed by atoms with van der Waals surface area (Å²) in [5, 5.41) is 12.7. The number of aliphatic hydroxyl groups is 1. The van der Waals surface area contributed by atoms with E-state index in [1.165, 1.54) is 13.2 Å². The molecule has 4 rings (SSSR count). The fraction of sp³-hybridized carbons (Fsp3) is 0.190. The molecule has 2 N–H and O–H groups in total. The van der Waals surface area contributed by atoms with Crippen LogP contribution in [0.4, 0.5) is 18.9 Å². The Hall–Kier alpha value is -3.66. The number of aromatic nitrogens is 4. The van der Waals surface area contributed by atoms with Gasteiger partial charge in [-0.2, -0.15) is 13.2 Å². The molecule has 10 heteroatoms. The standard InChI is InChI=1S/C21H18F3N5O2/c1-28-11-10-25-19(28)20(31,21(22,23)24)12-18(30)27-14-6-8-15(9-7-14)29-13-26-16-4-2-3-5-17(16)29/h2-11,13,31H,12H2,1H3,(H,27,30). The first kappa shape index (κ1) is 20.6. The van der Waals surface area contributed by atoms with Crippen LogP contribution in [0.1, 0.15) is 12.2 Å². The van der Waals surface area contributed by atoms with Gasteiger partial charge in [-0.05, 0) is 36.4 Å². The van der Waals surface area contributed by atoms with Gasteiger partial charge in [0.2, 0.25) is 11.5 Å². The van der Waals surface area contributed by atoms with E-state index in [-0.39, 0.29) is 0 Å². The highest BCUT2D eigenvalue weighted by atomic mass is 19.4. The van der Waals surface area contributed by atoms with Gasteiger partial charge in [0.1, 0.15) is 6.33 Å². The smallest absolute Gasteiger partial charge is 0.374 e. The number of nitrogens with zero attached hydrogens (tertiary/aromatic N) is 4. The zero-order valence-electron chi connectivity index (χ0n) is 16.3. The lowest BCUT2D eigenvalue weighted by Crippen LogP contribution is -2.46. The summed E-state index contributed by atoms with van der Waals surface area (Å²) in [6.45, 7) is 0. The van der Waals surface area contributed by atoms with Gasteiger partial charge in [-0.3, -0.25) is 9.36 Å². The third-order valence-electron chi connectivity index (χ3n) is 4.96. The summed E-state index contributed by atoms with van der Waals surface area (Å²) in [4.78, 5) is 20.2. The second-order valence-corrected chi connectivity index (χ2v) is 7.09. The fourth-order valence-electron chi connectivity index (χ4n) is 3.38. The minimum atomic E-state index is -5.09. The molecular weight excluding hydrogens is 411 g/mol. The molecule has 31 heavy (non-hydrogen) atoms. The number of halogens is 3. The van der Waals surface area contributed by atoms with Gasteiger partial charge < -0.3 is 15.0 Å². The molecule has 2 heterocycles. The van der Waals surface area contributed by atoms with Crippen LogP contribution >= 0.6 is 0 Å². The number of rotatable bonds is 5. The Labute approximate surface area is 174 Å². The molecule has 2 aromatic heterocycles. The van der Waals surface area contributed by atoms with Gasteiger partial charge in [0.25, 0.3) is 0 Å². The zero-order chi connectivity index (χ0) is 22.2. The van der Waals surface area contributed by atoms with E-state index in [1.54, 1.807) is 30.6 Å². The van der Waals surface area contributed by atoms with Crippen LogP contribution in [0.3, 0.4) is 0 Å². The maximum atomic E-state index is 13.6. The number of aryl methyl sites for hydroxylation is 1. The van der Waals surface area contributed by atoms with Crippen molar-refractivity contribution < 1.29 is 23.1 Å². The van der Waals surface area contributed by atoms with Crippen LogP contribution in [0.2, 0.25) is 0 Å². The predicted octanol–water partition coefficient (Wildman–Crippen LogP) is 3.54. The fourth-order valence-corrected chi connectivity index (χ4v) is 3.38. The molecule has 0 spiro atoms. The lowest BCUT2D eigenvalue weighted by atomic mass is 9.97. The average Bonchev–Trinajstić information content (AvgIpc) is 3.34. The first-order valence-corrected chi connectivity index (χ1v) is 9.28. The van der Waals surface area contributed by atoms with Crippen LogP contribution in [-0.4, -0.2) is 36.3 Å². The molecule has 0 saturated heterocycles. The summed E-state index contributed by atoms with van der Waals surface area (Å²) in [5.41, 5.74) is -0.635. The molecule has 0 aliphatic rings. The normalized spacial score (nSPS) is 13.8. The molecule has 0 fully saturated rings. The molecular formula is C21H18F3N5O2. The summed E-state index contributed by atoms with van der Waals surface area (Å²) < 4.78 is 43.7. The predicted molar refractivity (Wildman–Crippen MR) is 107 cm³/mol. The highest BCUT2D eigenvalue weighted by Gasteiger charge is 2.58. The number of benzene rings is 2. The molecule has 0 aliphatic heterocycles. The van der Waals surface area contributed by atoms with Crippen molar-refractivity contribution in [2.45, 2.75) is 18.2 Å².